The average Bonchev–Trinajstić information content (AvgIpc) is 3.47. The van der Waals surface area contributed by atoms with Gasteiger partial charge in [-0.2, -0.15) is 0 Å². The number of nitrogens with zero attached hydrogens (tertiary/aromatic N) is 2. The van der Waals surface area contributed by atoms with Gasteiger partial charge in [0.25, 0.3) is 0 Å². The zero-order valence-electron chi connectivity index (χ0n) is 21.7. The van der Waals surface area contributed by atoms with Gasteiger partial charge in [0.15, 0.2) is 5.69 Å². The molecule has 0 saturated heterocycles. The number of hydrogen-bond donors (Lipinski definition) is 3. The van der Waals surface area contributed by atoms with Crippen LogP contribution < -0.4 is 5.73 Å². The lowest BCUT2D eigenvalue weighted by Gasteiger charge is -2.31. The third-order valence-corrected chi connectivity index (χ3v) is 6.45. The van der Waals surface area contributed by atoms with E-state index in [9.17, 15) is 19.5 Å². The first-order valence-electron chi connectivity index (χ1n) is 12.6. The Morgan fingerprint density at radius 2 is 1.76 bits per heavy atom. The van der Waals surface area contributed by atoms with Crippen LogP contribution in [-0.4, -0.2) is 43.8 Å². The number of carboxylic acid groups (broad SMARTS) is 1. The van der Waals surface area contributed by atoms with E-state index in [1.807, 2.05) is 62.5 Å². The Morgan fingerprint density at radius 3 is 2.42 bits per heavy atom. The Labute approximate surface area is 220 Å². The highest BCUT2D eigenvalue weighted by atomic mass is 16.4. The number of nitrogens with one attached hydrogen (secondary N) is 1. The molecule has 0 saturated carbocycles. The van der Waals surface area contributed by atoms with Gasteiger partial charge in [0.05, 0.1) is 12.5 Å². The first-order chi connectivity index (χ1) is 18.2. The van der Waals surface area contributed by atoms with E-state index in [1.54, 1.807) is 12.1 Å². The van der Waals surface area contributed by atoms with Gasteiger partial charge in [-0.05, 0) is 36.5 Å². The van der Waals surface area contributed by atoms with Crippen molar-refractivity contribution in [3.8, 4) is 0 Å². The number of para-hydroxylation sites is 1. The number of fused-ring (bicyclic) bond motifs is 1. The van der Waals surface area contributed by atoms with Gasteiger partial charge in [-0.1, -0.05) is 62.4 Å². The fourth-order valence-corrected chi connectivity index (χ4v) is 4.65. The minimum absolute atomic E-state index is 0.0308. The molecule has 4 rings (SSSR count). The normalized spacial score (nSPS) is 13.0. The molecular formula is C29H32N4O5. The van der Waals surface area contributed by atoms with Crippen LogP contribution in [-0.2, 0) is 22.4 Å². The minimum atomic E-state index is -1.26. The number of hydrogen-bond acceptors (Lipinski definition) is 6. The monoisotopic (exact) mass is 516 g/mol. The van der Waals surface area contributed by atoms with Crippen molar-refractivity contribution in [3.05, 3.63) is 89.3 Å². The summed E-state index contributed by atoms with van der Waals surface area (Å²) in [4.78, 5) is 48.0. The molecule has 198 valence electrons. The quantitative estimate of drug-likeness (QED) is 0.283. The summed E-state index contributed by atoms with van der Waals surface area (Å²) in [5.41, 5.74) is 8.49. The van der Waals surface area contributed by atoms with Crippen LogP contribution in [0, 0.1) is 12.8 Å². The van der Waals surface area contributed by atoms with Gasteiger partial charge in [-0.15, -0.1) is 0 Å². The number of carbonyl (C=O) groups is 3. The van der Waals surface area contributed by atoms with Gasteiger partial charge in [-0.3, -0.25) is 14.5 Å². The molecule has 0 aliphatic carbocycles. The summed E-state index contributed by atoms with van der Waals surface area (Å²) in [7, 11) is 0. The molecule has 4 N–H and O–H groups in total. The molecule has 4 aromatic rings. The number of aromatic nitrogens is 2. The highest BCUT2D eigenvalue weighted by Crippen LogP contribution is 2.31. The van der Waals surface area contributed by atoms with Crippen LogP contribution in [0.15, 0.2) is 65.2 Å². The summed E-state index contributed by atoms with van der Waals surface area (Å²) in [6.45, 7) is 5.39. The van der Waals surface area contributed by atoms with Crippen molar-refractivity contribution in [2.24, 2.45) is 11.7 Å². The topological polar surface area (TPSA) is 143 Å². The van der Waals surface area contributed by atoms with Crippen molar-refractivity contribution in [2.45, 2.75) is 52.1 Å². The van der Waals surface area contributed by atoms with E-state index in [0.29, 0.717) is 6.42 Å². The summed E-state index contributed by atoms with van der Waals surface area (Å²) in [6, 6.07) is 14.8. The van der Waals surface area contributed by atoms with Crippen molar-refractivity contribution >= 4 is 28.7 Å². The fourth-order valence-electron chi connectivity index (χ4n) is 4.65. The number of H-pyrrole nitrogens is 1. The summed E-state index contributed by atoms with van der Waals surface area (Å²) in [6.07, 6.45) is 2.29. The molecule has 0 radical (unpaired) electrons. The number of aromatic amines is 1. The molecule has 0 spiro atoms. The van der Waals surface area contributed by atoms with Crippen molar-refractivity contribution in [1.29, 1.82) is 0 Å². The van der Waals surface area contributed by atoms with E-state index in [0.717, 1.165) is 26.9 Å². The number of carboxylic acids is 1. The average molecular weight is 517 g/mol. The van der Waals surface area contributed by atoms with Crippen LogP contribution in [0.1, 0.15) is 59.6 Å². The summed E-state index contributed by atoms with van der Waals surface area (Å²) < 4.78 is 5.80. The predicted molar refractivity (Wildman–Crippen MR) is 142 cm³/mol. The van der Waals surface area contributed by atoms with Gasteiger partial charge in [-0.25, -0.2) is 9.78 Å². The molecule has 2 amide bonds. The molecule has 38 heavy (non-hydrogen) atoms. The van der Waals surface area contributed by atoms with Crippen LogP contribution in [0.4, 0.5) is 0 Å². The molecule has 2 aromatic heterocycles. The molecule has 0 aliphatic rings. The lowest BCUT2D eigenvalue weighted by Crippen LogP contribution is -2.50. The molecule has 0 bridgehead atoms. The van der Waals surface area contributed by atoms with Gasteiger partial charge in [0.2, 0.25) is 17.7 Å². The second-order valence-electron chi connectivity index (χ2n) is 9.84. The van der Waals surface area contributed by atoms with Crippen LogP contribution in [0.25, 0.3) is 10.9 Å². The highest BCUT2D eigenvalue weighted by molar-refractivity contribution is 5.99. The maximum Gasteiger partial charge on any atom is 0.358 e. The summed E-state index contributed by atoms with van der Waals surface area (Å²) in [5, 5.41) is 10.5. The van der Waals surface area contributed by atoms with E-state index in [4.69, 9.17) is 10.2 Å². The van der Waals surface area contributed by atoms with E-state index in [2.05, 4.69) is 9.97 Å². The zero-order valence-corrected chi connectivity index (χ0v) is 21.7. The van der Waals surface area contributed by atoms with E-state index < -0.39 is 29.9 Å². The molecule has 0 aliphatic heterocycles. The van der Waals surface area contributed by atoms with Crippen LogP contribution in [0.3, 0.4) is 0 Å². The third-order valence-electron chi connectivity index (χ3n) is 6.45. The van der Waals surface area contributed by atoms with E-state index in [1.165, 1.54) is 6.92 Å². The standard InChI is InChI=1S/C29H32N4O5/c1-17(2)13-22(30)28(35)33(25(34)14-19-9-5-4-6-10-19)24(27-32-26(29(36)37)18(3)38-27)15-20-16-31-23-12-8-7-11-21(20)23/h4-12,16-17,22,24,31H,13-15,30H2,1-3H3,(H,36,37)/t22-,24+/m0/s1. The first kappa shape index (κ1) is 26.8. The molecule has 0 fully saturated rings. The Kier molecular flexibility index (Phi) is 8.07. The van der Waals surface area contributed by atoms with Gasteiger partial charge >= 0.3 is 5.97 Å². The Morgan fingerprint density at radius 1 is 1.08 bits per heavy atom. The molecule has 9 nitrogen and oxygen atoms in total. The maximum atomic E-state index is 13.8. The molecule has 2 aromatic carbocycles. The van der Waals surface area contributed by atoms with Crippen LogP contribution >= 0.6 is 0 Å². The van der Waals surface area contributed by atoms with Crippen molar-refractivity contribution in [3.63, 3.8) is 0 Å². The molecule has 2 atom stereocenters. The maximum absolute atomic E-state index is 13.8. The van der Waals surface area contributed by atoms with E-state index >= 15 is 0 Å². The Balaban J connectivity index is 1.83. The summed E-state index contributed by atoms with van der Waals surface area (Å²) >= 11 is 0. The van der Waals surface area contributed by atoms with E-state index in [-0.39, 0.29) is 36.1 Å². The Bertz CT molecular complexity index is 1440. The smallest absolute Gasteiger partial charge is 0.358 e. The largest absolute Gasteiger partial charge is 0.476 e. The number of imide groups is 1. The number of carbonyl (C=O) groups excluding carboxylic acids is 2. The SMILES string of the molecule is Cc1oc([C@@H](Cc2c[nH]c3ccccc23)N(C(=O)Cc2ccccc2)C(=O)[C@@H](N)CC(C)C)nc1C(=O)O. The molecule has 0 unspecified atom stereocenters. The number of benzene rings is 2. The first-order valence-corrected chi connectivity index (χ1v) is 12.6. The van der Waals surface area contributed by atoms with Crippen molar-refractivity contribution in [2.75, 3.05) is 0 Å². The lowest BCUT2D eigenvalue weighted by atomic mass is 9.99. The lowest BCUT2D eigenvalue weighted by molar-refractivity contribution is -0.149. The molecular weight excluding hydrogens is 484 g/mol. The van der Waals surface area contributed by atoms with Gasteiger partial charge in [0, 0.05) is 23.5 Å². The number of rotatable bonds is 10. The second-order valence-corrected chi connectivity index (χ2v) is 9.84. The number of aromatic carboxylic acids is 1. The highest BCUT2D eigenvalue weighted by Gasteiger charge is 2.38. The number of oxazole rings is 1. The molecule has 9 heteroatoms. The van der Waals surface area contributed by atoms with Crippen molar-refractivity contribution < 1.29 is 23.9 Å². The fraction of sp³-hybridized carbons (Fsp3) is 0.310. The van der Waals surface area contributed by atoms with Crippen molar-refractivity contribution in [1.82, 2.24) is 14.9 Å². The number of amides is 2. The third kappa shape index (κ3) is 5.84. The molecule has 2 heterocycles. The minimum Gasteiger partial charge on any atom is -0.476 e. The predicted octanol–water partition coefficient (Wildman–Crippen LogP) is 4.42. The van der Waals surface area contributed by atoms with Gasteiger partial charge < -0.3 is 20.2 Å². The number of aryl methyl sites for hydroxylation is 1. The zero-order chi connectivity index (χ0) is 27.4. The number of nitrogens with two attached hydrogens (primary N) is 1. The van der Waals surface area contributed by atoms with Gasteiger partial charge in [0.1, 0.15) is 11.8 Å². The Hall–Kier alpha value is -4.24. The summed E-state index contributed by atoms with van der Waals surface area (Å²) in [5.74, 6) is -2.11. The van der Waals surface area contributed by atoms with Crippen LogP contribution in [0.2, 0.25) is 0 Å². The van der Waals surface area contributed by atoms with Crippen LogP contribution in [0.5, 0.6) is 0 Å². The second kappa shape index (κ2) is 11.4.